The number of carbonyl (C=O) groups excluding carboxylic acids is 2. The summed E-state index contributed by atoms with van der Waals surface area (Å²) in [7, 11) is 0. The lowest BCUT2D eigenvalue weighted by Crippen LogP contribution is -2.30. The van der Waals surface area contributed by atoms with Crippen LogP contribution in [0.3, 0.4) is 0 Å². The Hall–Kier alpha value is -2.30. The molecule has 196 valence electrons. The summed E-state index contributed by atoms with van der Waals surface area (Å²) < 4.78 is 35.3. The summed E-state index contributed by atoms with van der Waals surface area (Å²) >= 11 is 2.48. The number of hydrogen-bond donors (Lipinski definition) is 3. The van der Waals surface area contributed by atoms with Crippen LogP contribution in [0.2, 0.25) is 0 Å². The van der Waals surface area contributed by atoms with Crippen LogP contribution in [-0.4, -0.2) is 25.2 Å². The van der Waals surface area contributed by atoms with Gasteiger partial charge in [0.15, 0.2) is 0 Å². The monoisotopic (exact) mass is 537 g/mol. The summed E-state index contributed by atoms with van der Waals surface area (Å²) in [5.74, 6) is -2.93. The Balaban J connectivity index is 1.59. The van der Waals surface area contributed by atoms with Crippen molar-refractivity contribution >= 4 is 39.7 Å². The zero-order valence-electron chi connectivity index (χ0n) is 21.1. The number of anilines is 1. The topological polar surface area (TPSA) is 79.5 Å². The highest BCUT2D eigenvalue weighted by atomic mass is 32.1. The zero-order chi connectivity index (χ0) is 26.2. The van der Waals surface area contributed by atoms with Gasteiger partial charge in [0.1, 0.15) is 5.00 Å². The predicted octanol–water partition coefficient (Wildman–Crippen LogP) is 6.31. The number of alkyl halides is 2. The molecule has 0 aromatic carbocycles. The molecule has 2 amide bonds. The van der Waals surface area contributed by atoms with Gasteiger partial charge in [0.2, 0.25) is 0 Å². The molecule has 0 bridgehead atoms. The number of halogens is 2. The van der Waals surface area contributed by atoms with Crippen molar-refractivity contribution in [1.29, 1.82) is 0 Å². The molecule has 2 atom stereocenters. The predicted molar refractivity (Wildman–Crippen MR) is 140 cm³/mol. The molecule has 3 N–H and O–H groups in total. The summed E-state index contributed by atoms with van der Waals surface area (Å²) in [5.41, 5.74) is 2.46. The van der Waals surface area contributed by atoms with Gasteiger partial charge in [-0.15, -0.1) is 22.7 Å². The average molecular weight is 538 g/mol. The van der Waals surface area contributed by atoms with E-state index in [0.717, 1.165) is 45.1 Å². The van der Waals surface area contributed by atoms with Crippen molar-refractivity contribution in [1.82, 2.24) is 10.6 Å². The molecule has 4 rings (SSSR count). The molecule has 0 saturated carbocycles. The molecule has 2 unspecified atom stereocenters. The van der Waals surface area contributed by atoms with Gasteiger partial charge in [-0.25, -0.2) is 9.59 Å². The van der Waals surface area contributed by atoms with Gasteiger partial charge in [-0.1, -0.05) is 20.4 Å². The van der Waals surface area contributed by atoms with Crippen molar-refractivity contribution < 1.29 is 23.1 Å². The first kappa shape index (κ1) is 26.8. The number of hydrogen-bond acceptors (Lipinski definition) is 6. The van der Waals surface area contributed by atoms with E-state index >= 15 is 8.78 Å². The normalized spacial score (nSPS) is 19.3. The van der Waals surface area contributed by atoms with Gasteiger partial charge in [-0.05, 0) is 73.8 Å². The smallest absolute Gasteiger partial charge is 0.341 e. The van der Waals surface area contributed by atoms with Crippen LogP contribution in [-0.2, 0) is 36.6 Å². The van der Waals surface area contributed by atoms with Gasteiger partial charge in [-0.2, -0.15) is 8.78 Å². The van der Waals surface area contributed by atoms with Crippen LogP contribution in [0.15, 0.2) is 12.2 Å². The minimum atomic E-state index is -3.17. The summed E-state index contributed by atoms with van der Waals surface area (Å²) in [4.78, 5) is 27.7. The molecule has 36 heavy (non-hydrogen) atoms. The second-order valence-corrected chi connectivity index (χ2v) is 11.9. The van der Waals surface area contributed by atoms with E-state index in [0.29, 0.717) is 41.6 Å². The fraction of sp³-hybridized carbons (Fsp3) is 0.538. The van der Waals surface area contributed by atoms with Crippen molar-refractivity contribution in [2.24, 2.45) is 5.92 Å². The van der Waals surface area contributed by atoms with Gasteiger partial charge in [0.25, 0.3) is 0 Å². The summed E-state index contributed by atoms with van der Waals surface area (Å²) in [6.45, 7) is 12.3. The van der Waals surface area contributed by atoms with Gasteiger partial charge in [0, 0.05) is 22.8 Å². The Bertz CT molecular complexity index is 1190. The third-order valence-corrected chi connectivity index (χ3v) is 9.51. The van der Waals surface area contributed by atoms with Crippen LogP contribution in [0.25, 0.3) is 0 Å². The molecule has 0 fully saturated rings. The number of urea groups is 1. The second-order valence-electron chi connectivity index (χ2n) is 9.72. The minimum absolute atomic E-state index is 0.0386. The number of amides is 2. The van der Waals surface area contributed by atoms with Crippen LogP contribution in [0.4, 0.5) is 18.6 Å². The molecule has 10 heteroatoms. The van der Waals surface area contributed by atoms with E-state index in [2.05, 4.69) is 36.4 Å². The van der Waals surface area contributed by atoms with Crippen LogP contribution in [0.1, 0.15) is 81.7 Å². The number of esters is 1. The van der Waals surface area contributed by atoms with E-state index in [1.807, 2.05) is 0 Å². The van der Waals surface area contributed by atoms with Crippen molar-refractivity contribution in [3.05, 3.63) is 49.0 Å². The fourth-order valence-corrected chi connectivity index (χ4v) is 7.75. The Morgan fingerprint density at radius 3 is 2.69 bits per heavy atom. The lowest BCUT2D eigenvalue weighted by atomic mass is 9.82. The number of allylic oxidation sites excluding steroid dienone is 1. The van der Waals surface area contributed by atoms with E-state index in [9.17, 15) is 9.59 Å². The van der Waals surface area contributed by atoms with Gasteiger partial charge < -0.3 is 15.4 Å². The summed E-state index contributed by atoms with van der Waals surface area (Å²) in [6, 6.07) is -0.543. The van der Waals surface area contributed by atoms with Crippen molar-refractivity contribution in [3.8, 4) is 0 Å². The maximum atomic E-state index is 15.0. The largest absolute Gasteiger partial charge is 0.462 e. The fourth-order valence-electron chi connectivity index (χ4n) is 5.08. The standard InChI is InChI=1S/C26H33F2N3O3S2/c1-6-34-24(32)20-17-10-14(4)9-15(5)21(17)36-23(20)31-25(33)30-11-18-16-7-8-29-12-19(16)35-22(18)26(27,28)13(2)3/h14-15,29H,2,6-12H2,1,3-5H3,(H2,30,31,33). The second kappa shape index (κ2) is 10.6. The highest BCUT2D eigenvalue weighted by Crippen LogP contribution is 2.46. The maximum Gasteiger partial charge on any atom is 0.341 e. The molecule has 1 aliphatic carbocycles. The van der Waals surface area contributed by atoms with Gasteiger partial charge in [0.05, 0.1) is 17.0 Å². The maximum absolute atomic E-state index is 15.0. The van der Waals surface area contributed by atoms with E-state index < -0.39 is 17.9 Å². The van der Waals surface area contributed by atoms with Crippen LogP contribution >= 0.6 is 22.7 Å². The van der Waals surface area contributed by atoms with Crippen LogP contribution < -0.4 is 16.0 Å². The minimum Gasteiger partial charge on any atom is -0.462 e. The molecule has 3 heterocycles. The van der Waals surface area contributed by atoms with E-state index in [1.54, 1.807) is 6.92 Å². The lowest BCUT2D eigenvalue weighted by Gasteiger charge is -2.24. The highest BCUT2D eigenvalue weighted by Gasteiger charge is 2.39. The molecular weight excluding hydrogens is 504 g/mol. The molecule has 0 radical (unpaired) electrons. The molecule has 0 spiro atoms. The first-order valence-corrected chi connectivity index (χ1v) is 13.9. The number of fused-ring (bicyclic) bond motifs is 2. The van der Waals surface area contributed by atoms with Crippen LogP contribution in [0, 0.1) is 5.92 Å². The molecule has 2 aliphatic rings. The Kier molecular flexibility index (Phi) is 7.87. The quantitative estimate of drug-likeness (QED) is 0.286. The third kappa shape index (κ3) is 5.08. The summed E-state index contributed by atoms with van der Waals surface area (Å²) in [5, 5.41) is 9.24. The molecule has 2 aromatic rings. The van der Waals surface area contributed by atoms with E-state index in [1.165, 1.54) is 18.3 Å². The number of thiophene rings is 2. The number of ether oxygens (including phenoxy) is 1. The average Bonchev–Trinajstić information content (AvgIpc) is 3.36. The highest BCUT2D eigenvalue weighted by molar-refractivity contribution is 7.17. The molecular formula is C26H33F2N3O3S2. The Morgan fingerprint density at radius 1 is 1.25 bits per heavy atom. The molecule has 6 nitrogen and oxygen atoms in total. The Labute approximate surface area is 218 Å². The van der Waals surface area contributed by atoms with Gasteiger partial charge >= 0.3 is 17.9 Å². The van der Waals surface area contributed by atoms with Crippen molar-refractivity contribution in [3.63, 3.8) is 0 Å². The molecule has 1 aliphatic heterocycles. The third-order valence-electron chi connectivity index (χ3n) is 6.79. The number of rotatable bonds is 7. The first-order valence-electron chi connectivity index (χ1n) is 12.3. The number of carbonyl (C=O) groups is 2. The Morgan fingerprint density at radius 2 is 2.00 bits per heavy atom. The van der Waals surface area contributed by atoms with E-state index in [4.69, 9.17) is 4.74 Å². The SMILES string of the molecule is C=C(C)C(F)(F)c1sc2c(c1CNC(=O)Nc1sc3c(c1C(=O)OCC)CC(C)CC3C)CCNC2. The lowest BCUT2D eigenvalue weighted by molar-refractivity contribution is 0.0416. The van der Waals surface area contributed by atoms with Crippen molar-refractivity contribution in [2.45, 2.75) is 71.9 Å². The van der Waals surface area contributed by atoms with Crippen molar-refractivity contribution in [2.75, 3.05) is 18.5 Å². The van der Waals surface area contributed by atoms with E-state index in [-0.39, 0.29) is 29.5 Å². The zero-order valence-corrected chi connectivity index (χ0v) is 22.7. The first-order chi connectivity index (χ1) is 17.0. The molecule has 0 saturated heterocycles. The van der Waals surface area contributed by atoms with Gasteiger partial charge in [-0.3, -0.25) is 5.32 Å². The number of nitrogens with one attached hydrogen (secondary N) is 3. The van der Waals surface area contributed by atoms with Crippen LogP contribution in [0.5, 0.6) is 0 Å². The molecule has 2 aromatic heterocycles. The summed E-state index contributed by atoms with van der Waals surface area (Å²) in [6.07, 6.45) is 2.39.